The monoisotopic (exact) mass is 153 g/mol. The molecule has 11 heavy (non-hydrogen) atoms. The first kappa shape index (κ1) is 8.09. The second kappa shape index (κ2) is 2.93. The molecule has 0 radical (unpaired) electrons. The van der Waals surface area contributed by atoms with Crippen LogP contribution in [0.5, 0.6) is 0 Å². The molecule has 60 valence electrons. The number of carboxylic acid groups (broad SMARTS) is 1. The van der Waals surface area contributed by atoms with Gasteiger partial charge >= 0.3 is 5.97 Å². The van der Waals surface area contributed by atoms with Crippen molar-refractivity contribution in [1.82, 2.24) is 5.32 Å². The summed E-state index contributed by atoms with van der Waals surface area (Å²) in [4.78, 5) is 10.8. The molecule has 0 aromatic carbocycles. The zero-order chi connectivity index (χ0) is 8.32. The van der Waals surface area contributed by atoms with E-state index >= 15 is 0 Å². The molecule has 1 aliphatic heterocycles. The number of carboxylic acids is 1. The van der Waals surface area contributed by atoms with E-state index in [1.54, 1.807) is 0 Å². The van der Waals surface area contributed by atoms with Gasteiger partial charge in [-0.1, -0.05) is 0 Å². The highest BCUT2D eigenvalue weighted by Crippen LogP contribution is 2.29. The van der Waals surface area contributed by atoms with Gasteiger partial charge in [0.2, 0.25) is 0 Å². The van der Waals surface area contributed by atoms with Gasteiger partial charge in [-0.2, -0.15) is 0 Å². The van der Waals surface area contributed by atoms with E-state index in [0.29, 0.717) is 19.4 Å². The largest absolute Gasteiger partial charge is 0.481 e. The zero-order valence-corrected chi connectivity index (χ0v) is 6.26. The molecule has 1 heterocycles. The molecule has 2 N–H and O–H groups in total. The highest BCUT2D eigenvalue weighted by Gasteiger charge is 2.40. The summed E-state index contributed by atoms with van der Waals surface area (Å²) in [6.45, 7) is 1.26. The molecule has 0 amide bonds. The first-order valence-electron chi connectivity index (χ1n) is 3.59. The molecule has 0 bridgehead atoms. The van der Waals surface area contributed by atoms with Crippen molar-refractivity contribution in [1.29, 1.82) is 0 Å². The average molecular weight is 153 g/mol. The Bertz CT molecular complexity index is 199. The fourth-order valence-electron chi connectivity index (χ4n) is 1.35. The van der Waals surface area contributed by atoms with Gasteiger partial charge in [-0.3, -0.25) is 4.79 Å². The van der Waals surface area contributed by atoms with Gasteiger partial charge in [-0.25, -0.2) is 0 Å². The van der Waals surface area contributed by atoms with Crippen LogP contribution in [0.4, 0.5) is 0 Å². The summed E-state index contributed by atoms with van der Waals surface area (Å²) >= 11 is 0. The number of aliphatic carboxylic acids is 1. The van der Waals surface area contributed by atoms with Gasteiger partial charge in [-0.05, 0) is 13.0 Å². The maximum Gasteiger partial charge on any atom is 0.311 e. The molecule has 0 aliphatic carbocycles. The van der Waals surface area contributed by atoms with E-state index in [1.165, 1.54) is 0 Å². The zero-order valence-electron chi connectivity index (χ0n) is 6.26. The number of hydrogen-bond donors (Lipinski definition) is 2. The van der Waals surface area contributed by atoms with Crippen molar-refractivity contribution in [2.75, 3.05) is 13.1 Å². The topological polar surface area (TPSA) is 49.3 Å². The van der Waals surface area contributed by atoms with Crippen LogP contribution in [0.1, 0.15) is 12.8 Å². The minimum atomic E-state index is -0.777. The summed E-state index contributed by atoms with van der Waals surface area (Å²) in [5, 5.41) is 11.9. The average Bonchev–Trinajstić information content (AvgIpc) is 2.38. The summed E-state index contributed by atoms with van der Waals surface area (Å²) in [6, 6.07) is 0. The molecule has 1 aliphatic rings. The molecular formula is C8H11NO2. The third-order valence-electron chi connectivity index (χ3n) is 2.14. The first-order chi connectivity index (χ1) is 5.21. The van der Waals surface area contributed by atoms with Crippen LogP contribution in [0.15, 0.2) is 0 Å². The lowest BCUT2D eigenvalue weighted by molar-refractivity contribution is -0.147. The summed E-state index contributed by atoms with van der Waals surface area (Å²) in [5.41, 5.74) is -0.686. The normalized spacial score (nSPS) is 29.7. The summed E-state index contributed by atoms with van der Waals surface area (Å²) < 4.78 is 0. The number of hydrogen-bond acceptors (Lipinski definition) is 2. The lowest BCUT2D eigenvalue weighted by atomic mass is 9.84. The summed E-state index contributed by atoms with van der Waals surface area (Å²) in [5.74, 6) is 1.63. The predicted molar refractivity (Wildman–Crippen MR) is 41.0 cm³/mol. The molecule has 3 nitrogen and oxygen atoms in total. The number of rotatable bonds is 2. The molecular weight excluding hydrogens is 142 g/mol. The molecule has 3 heteroatoms. The SMILES string of the molecule is C#CCC1(C(=O)O)CCNC1. The Labute approximate surface area is 65.8 Å². The van der Waals surface area contributed by atoms with Crippen molar-refractivity contribution in [2.24, 2.45) is 5.41 Å². The van der Waals surface area contributed by atoms with Crippen LogP contribution in [0.2, 0.25) is 0 Å². The molecule has 0 aromatic heterocycles. The Morgan fingerprint density at radius 2 is 2.55 bits per heavy atom. The lowest BCUT2D eigenvalue weighted by Gasteiger charge is -2.19. The smallest absolute Gasteiger partial charge is 0.311 e. The van der Waals surface area contributed by atoms with Crippen molar-refractivity contribution < 1.29 is 9.90 Å². The van der Waals surface area contributed by atoms with Crippen LogP contribution in [0.25, 0.3) is 0 Å². The van der Waals surface area contributed by atoms with Gasteiger partial charge < -0.3 is 10.4 Å². The maximum absolute atomic E-state index is 10.8. The van der Waals surface area contributed by atoms with E-state index in [0.717, 1.165) is 6.54 Å². The number of nitrogens with one attached hydrogen (secondary N) is 1. The van der Waals surface area contributed by atoms with E-state index < -0.39 is 11.4 Å². The minimum absolute atomic E-state index is 0.329. The molecule has 0 spiro atoms. The van der Waals surface area contributed by atoms with Gasteiger partial charge in [0.1, 0.15) is 0 Å². The molecule has 0 saturated carbocycles. The predicted octanol–water partition coefficient (Wildman–Crippen LogP) is 0.0740. The maximum atomic E-state index is 10.8. The minimum Gasteiger partial charge on any atom is -0.481 e. The number of carbonyl (C=O) groups is 1. The molecule has 1 fully saturated rings. The van der Waals surface area contributed by atoms with Crippen LogP contribution in [0, 0.1) is 17.8 Å². The number of terminal acetylenes is 1. The van der Waals surface area contributed by atoms with Crippen molar-refractivity contribution in [3.63, 3.8) is 0 Å². The van der Waals surface area contributed by atoms with Crippen LogP contribution in [-0.4, -0.2) is 24.2 Å². The van der Waals surface area contributed by atoms with E-state index in [-0.39, 0.29) is 0 Å². The van der Waals surface area contributed by atoms with Crippen molar-refractivity contribution in [3.8, 4) is 12.3 Å². The van der Waals surface area contributed by atoms with E-state index in [2.05, 4.69) is 11.2 Å². The van der Waals surface area contributed by atoms with E-state index in [4.69, 9.17) is 11.5 Å². The van der Waals surface area contributed by atoms with E-state index in [1.807, 2.05) is 0 Å². The summed E-state index contributed by atoms with van der Waals surface area (Å²) in [6.07, 6.45) is 6.06. The molecule has 1 unspecified atom stereocenters. The van der Waals surface area contributed by atoms with E-state index in [9.17, 15) is 4.79 Å². The van der Waals surface area contributed by atoms with Gasteiger partial charge in [0.05, 0.1) is 5.41 Å². The lowest BCUT2D eigenvalue weighted by Crippen LogP contribution is -2.32. The quantitative estimate of drug-likeness (QED) is 0.552. The van der Waals surface area contributed by atoms with Crippen molar-refractivity contribution in [3.05, 3.63) is 0 Å². The van der Waals surface area contributed by atoms with Gasteiger partial charge in [0, 0.05) is 13.0 Å². The molecule has 1 rings (SSSR count). The van der Waals surface area contributed by atoms with Crippen LogP contribution in [-0.2, 0) is 4.79 Å². The molecule has 0 aromatic rings. The summed E-state index contributed by atoms with van der Waals surface area (Å²) in [7, 11) is 0. The second-order valence-electron chi connectivity index (χ2n) is 2.89. The van der Waals surface area contributed by atoms with Crippen molar-refractivity contribution in [2.45, 2.75) is 12.8 Å². The van der Waals surface area contributed by atoms with Gasteiger partial charge in [-0.15, -0.1) is 12.3 Å². The highest BCUT2D eigenvalue weighted by atomic mass is 16.4. The Hall–Kier alpha value is -1.01. The molecule has 1 saturated heterocycles. The van der Waals surface area contributed by atoms with Crippen LogP contribution < -0.4 is 5.32 Å². The van der Waals surface area contributed by atoms with Crippen LogP contribution in [0.3, 0.4) is 0 Å². The van der Waals surface area contributed by atoms with Crippen molar-refractivity contribution >= 4 is 5.97 Å². The van der Waals surface area contributed by atoms with Crippen LogP contribution >= 0.6 is 0 Å². The Balaban J connectivity index is 2.72. The Morgan fingerprint density at radius 3 is 2.91 bits per heavy atom. The second-order valence-corrected chi connectivity index (χ2v) is 2.89. The van der Waals surface area contributed by atoms with Gasteiger partial charge in [0.25, 0.3) is 0 Å². The molecule has 1 atom stereocenters. The Morgan fingerprint density at radius 1 is 1.82 bits per heavy atom. The fraction of sp³-hybridized carbons (Fsp3) is 0.625. The third kappa shape index (κ3) is 1.36. The fourth-order valence-corrected chi connectivity index (χ4v) is 1.35. The standard InChI is InChI=1S/C8H11NO2/c1-2-3-8(7(10)11)4-5-9-6-8/h1,9H,3-6H2,(H,10,11). The Kier molecular flexibility index (Phi) is 2.16. The van der Waals surface area contributed by atoms with Gasteiger partial charge in [0.15, 0.2) is 0 Å². The third-order valence-corrected chi connectivity index (χ3v) is 2.14. The first-order valence-corrected chi connectivity index (χ1v) is 3.59. The highest BCUT2D eigenvalue weighted by molar-refractivity contribution is 5.75.